The smallest absolute Gasteiger partial charge is 0.258 e. The Morgan fingerprint density at radius 3 is 2.60 bits per heavy atom. The number of hydrogen-bond donors (Lipinski definition) is 1. The van der Waals surface area contributed by atoms with Crippen LogP contribution in [0.3, 0.4) is 0 Å². The zero-order valence-electron chi connectivity index (χ0n) is 16.9. The number of nitrogens with zero attached hydrogens (tertiary/aromatic N) is 3. The number of likely N-dealkylation sites (tertiary alicyclic amines) is 1. The normalized spacial score (nSPS) is 13.8. The molecule has 7 nitrogen and oxygen atoms in total. The van der Waals surface area contributed by atoms with E-state index in [4.69, 9.17) is 0 Å². The molecule has 1 aromatic heterocycles. The first-order valence-corrected chi connectivity index (χ1v) is 10.2. The maximum atomic E-state index is 13.0. The molecule has 0 unspecified atom stereocenters. The van der Waals surface area contributed by atoms with Crippen LogP contribution in [0, 0.1) is 0 Å². The predicted octanol–water partition coefficient (Wildman–Crippen LogP) is 2.71. The number of carbonyl (C=O) groups is 2. The van der Waals surface area contributed by atoms with Gasteiger partial charge >= 0.3 is 0 Å². The molecule has 1 saturated heterocycles. The van der Waals surface area contributed by atoms with Crippen molar-refractivity contribution in [3.63, 3.8) is 0 Å². The van der Waals surface area contributed by atoms with Gasteiger partial charge in [-0.25, -0.2) is 4.98 Å². The summed E-state index contributed by atoms with van der Waals surface area (Å²) in [6.07, 6.45) is 1.53. The van der Waals surface area contributed by atoms with Crippen molar-refractivity contribution in [3.05, 3.63) is 75.8 Å². The first kappa shape index (κ1) is 19.8. The summed E-state index contributed by atoms with van der Waals surface area (Å²) in [4.78, 5) is 47.8. The Balaban J connectivity index is 1.48. The van der Waals surface area contributed by atoms with Crippen molar-refractivity contribution < 1.29 is 9.59 Å². The van der Waals surface area contributed by atoms with Gasteiger partial charge in [0.15, 0.2) is 0 Å². The fraction of sp³-hybridized carbons (Fsp3) is 0.304. The molecule has 7 heteroatoms. The second-order valence-corrected chi connectivity index (χ2v) is 7.46. The Bertz CT molecular complexity index is 1140. The molecule has 1 fully saturated rings. The van der Waals surface area contributed by atoms with Gasteiger partial charge in [-0.05, 0) is 43.2 Å². The largest absolute Gasteiger partial charge is 0.338 e. The Kier molecular flexibility index (Phi) is 5.61. The van der Waals surface area contributed by atoms with E-state index in [1.807, 2.05) is 30.0 Å². The van der Waals surface area contributed by atoms with E-state index >= 15 is 0 Å². The number of para-hydroxylation sites is 1. The number of benzene rings is 2. The first-order chi connectivity index (χ1) is 14.5. The second-order valence-electron chi connectivity index (χ2n) is 7.46. The lowest BCUT2D eigenvalue weighted by atomic mass is 10.1. The summed E-state index contributed by atoms with van der Waals surface area (Å²) >= 11 is 0. The van der Waals surface area contributed by atoms with Gasteiger partial charge in [0.25, 0.3) is 11.5 Å². The van der Waals surface area contributed by atoms with E-state index in [0.717, 1.165) is 18.5 Å². The summed E-state index contributed by atoms with van der Waals surface area (Å²) in [5.41, 5.74) is 1.97. The summed E-state index contributed by atoms with van der Waals surface area (Å²) in [6, 6.07) is 14.5. The predicted molar refractivity (Wildman–Crippen MR) is 114 cm³/mol. The molecule has 0 saturated carbocycles. The highest BCUT2D eigenvalue weighted by Gasteiger charge is 2.20. The Hall–Kier alpha value is -3.48. The van der Waals surface area contributed by atoms with Crippen molar-refractivity contribution in [3.8, 4) is 0 Å². The molecule has 1 N–H and O–H groups in total. The van der Waals surface area contributed by atoms with Crippen molar-refractivity contribution in [2.45, 2.75) is 32.9 Å². The topological polar surface area (TPSA) is 86.4 Å². The van der Waals surface area contributed by atoms with E-state index < -0.39 is 0 Å². The van der Waals surface area contributed by atoms with Gasteiger partial charge in [0.05, 0.1) is 17.4 Å². The van der Waals surface area contributed by atoms with Gasteiger partial charge in [0.2, 0.25) is 5.91 Å². The van der Waals surface area contributed by atoms with Gasteiger partial charge in [0, 0.05) is 31.6 Å². The molecule has 0 bridgehead atoms. The summed E-state index contributed by atoms with van der Waals surface area (Å²) in [6.45, 7) is 3.97. The van der Waals surface area contributed by atoms with Gasteiger partial charge in [-0.15, -0.1) is 0 Å². The third kappa shape index (κ3) is 4.10. The van der Waals surface area contributed by atoms with Crippen LogP contribution in [0.2, 0.25) is 0 Å². The molecule has 2 heterocycles. The number of fused-ring (bicyclic) bond motifs is 1. The minimum Gasteiger partial charge on any atom is -0.338 e. The average Bonchev–Trinajstić information content (AvgIpc) is 3.16. The molecule has 154 valence electrons. The minimum atomic E-state index is -0.208. The maximum absolute atomic E-state index is 13.0. The van der Waals surface area contributed by atoms with E-state index in [-0.39, 0.29) is 23.9 Å². The molecule has 0 atom stereocenters. The minimum absolute atomic E-state index is 0.128. The SMILES string of the molecule is CCN(Cc1nc2ccccc2c(=O)[nH]1)C(=O)c1ccc(CN2CCCC2=O)cc1. The van der Waals surface area contributed by atoms with Crippen molar-refractivity contribution in [1.29, 1.82) is 0 Å². The molecule has 4 rings (SSSR count). The monoisotopic (exact) mass is 404 g/mol. The third-order valence-electron chi connectivity index (χ3n) is 5.42. The van der Waals surface area contributed by atoms with Gasteiger partial charge in [-0.1, -0.05) is 24.3 Å². The molecule has 0 radical (unpaired) electrons. The third-order valence-corrected chi connectivity index (χ3v) is 5.42. The van der Waals surface area contributed by atoms with Crippen molar-refractivity contribution in [2.75, 3.05) is 13.1 Å². The lowest BCUT2D eigenvalue weighted by Crippen LogP contribution is -2.32. The molecule has 0 aliphatic carbocycles. The Labute approximate surface area is 174 Å². The molecular weight excluding hydrogens is 380 g/mol. The van der Waals surface area contributed by atoms with Crippen LogP contribution in [-0.2, 0) is 17.9 Å². The first-order valence-electron chi connectivity index (χ1n) is 10.2. The van der Waals surface area contributed by atoms with Gasteiger partial charge in [-0.3, -0.25) is 14.4 Å². The fourth-order valence-electron chi connectivity index (χ4n) is 3.74. The number of H-pyrrole nitrogens is 1. The molecule has 3 aromatic rings. The van der Waals surface area contributed by atoms with Crippen molar-refractivity contribution in [1.82, 2.24) is 19.8 Å². The van der Waals surface area contributed by atoms with Gasteiger partial charge in [0.1, 0.15) is 5.82 Å². The summed E-state index contributed by atoms with van der Waals surface area (Å²) in [5.74, 6) is 0.513. The Morgan fingerprint density at radius 1 is 1.13 bits per heavy atom. The van der Waals surface area contributed by atoms with Crippen LogP contribution in [0.1, 0.15) is 41.5 Å². The molecular formula is C23H24N4O3. The van der Waals surface area contributed by atoms with E-state index in [9.17, 15) is 14.4 Å². The van der Waals surface area contributed by atoms with Crippen molar-refractivity contribution in [2.24, 2.45) is 0 Å². The Morgan fingerprint density at radius 2 is 1.90 bits per heavy atom. The van der Waals surface area contributed by atoms with Crippen LogP contribution in [0.25, 0.3) is 10.9 Å². The zero-order valence-corrected chi connectivity index (χ0v) is 16.9. The van der Waals surface area contributed by atoms with E-state index in [1.165, 1.54) is 0 Å². The van der Waals surface area contributed by atoms with E-state index in [2.05, 4.69) is 9.97 Å². The second kappa shape index (κ2) is 8.49. The van der Waals surface area contributed by atoms with E-state index in [0.29, 0.717) is 41.8 Å². The standard InChI is InChI=1S/C23H24N4O3/c1-2-26(15-20-24-19-7-4-3-6-18(19)22(29)25-20)23(30)17-11-9-16(10-12-17)14-27-13-5-8-21(27)28/h3-4,6-7,9-12H,2,5,8,13-15H2,1H3,(H,24,25,29). The number of carbonyl (C=O) groups excluding carboxylic acids is 2. The summed E-state index contributed by atoms with van der Waals surface area (Å²) < 4.78 is 0. The van der Waals surface area contributed by atoms with Crippen LogP contribution in [0.15, 0.2) is 53.3 Å². The zero-order chi connectivity index (χ0) is 21.1. The molecule has 1 aliphatic rings. The number of nitrogens with one attached hydrogen (secondary N) is 1. The van der Waals surface area contributed by atoms with Crippen LogP contribution in [-0.4, -0.2) is 44.7 Å². The molecule has 0 spiro atoms. The summed E-state index contributed by atoms with van der Waals surface area (Å²) in [5, 5.41) is 0.530. The average molecular weight is 404 g/mol. The molecule has 30 heavy (non-hydrogen) atoms. The highest BCUT2D eigenvalue weighted by Crippen LogP contribution is 2.16. The van der Waals surface area contributed by atoms with Crippen LogP contribution in [0.5, 0.6) is 0 Å². The lowest BCUT2D eigenvalue weighted by Gasteiger charge is -2.21. The van der Waals surface area contributed by atoms with Crippen molar-refractivity contribution >= 4 is 22.7 Å². The maximum Gasteiger partial charge on any atom is 0.258 e. The van der Waals surface area contributed by atoms with Crippen LogP contribution in [0.4, 0.5) is 0 Å². The van der Waals surface area contributed by atoms with Gasteiger partial charge < -0.3 is 14.8 Å². The number of aromatic amines is 1. The highest BCUT2D eigenvalue weighted by atomic mass is 16.2. The fourth-order valence-corrected chi connectivity index (χ4v) is 3.74. The van der Waals surface area contributed by atoms with Crippen LogP contribution < -0.4 is 5.56 Å². The van der Waals surface area contributed by atoms with E-state index in [1.54, 1.807) is 35.2 Å². The number of aromatic nitrogens is 2. The molecule has 2 amide bonds. The van der Waals surface area contributed by atoms with Crippen LogP contribution >= 0.6 is 0 Å². The number of rotatable bonds is 6. The lowest BCUT2D eigenvalue weighted by molar-refractivity contribution is -0.128. The summed E-state index contributed by atoms with van der Waals surface area (Å²) in [7, 11) is 0. The number of hydrogen-bond acceptors (Lipinski definition) is 4. The highest BCUT2D eigenvalue weighted by molar-refractivity contribution is 5.94. The van der Waals surface area contributed by atoms with Gasteiger partial charge in [-0.2, -0.15) is 0 Å². The number of amides is 2. The molecule has 2 aromatic carbocycles. The quantitative estimate of drug-likeness (QED) is 0.684. The molecule has 1 aliphatic heterocycles.